The Morgan fingerprint density at radius 2 is 1.74 bits per heavy atom. The summed E-state index contributed by atoms with van der Waals surface area (Å²) >= 11 is 0. The summed E-state index contributed by atoms with van der Waals surface area (Å²) in [5, 5.41) is 17.8. The van der Waals surface area contributed by atoms with Crippen LogP contribution < -0.4 is 0 Å². The average molecular weight is 362 g/mol. The Labute approximate surface area is 163 Å². The van der Waals surface area contributed by atoms with Crippen molar-refractivity contribution in [2.24, 2.45) is 5.92 Å². The predicted molar refractivity (Wildman–Crippen MR) is 110 cm³/mol. The van der Waals surface area contributed by atoms with Crippen LogP contribution in [0.4, 0.5) is 0 Å². The maximum atomic E-state index is 8.74. The number of hydrogen-bond acceptors (Lipinski definition) is 3. The van der Waals surface area contributed by atoms with E-state index in [1.165, 1.54) is 50.5 Å². The highest BCUT2D eigenvalue weighted by Crippen LogP contribution is 2.36. The maximum Gasteiger partial charge on any atom is 0.0929 e. The van der Waals surface area contributed by atoms with Crippen molar-refractivity contribution in [1.29, 1.82) is 5.26 Å². The number of hydrogen-bond donors (Lipinski definition) is 0. The molecule has 3 rings (SSSR count). The van der Waals surface area contributed by atoms with E-state index >= 15 is 0 Å². The zero-order valence-electron chi connectivity index (χ0n) is 16.5. The first-order chi connectivity index (χ1) is 13.3. The summed E-state index contributed by atoms with van der Waals surface area (Å²) in [4.78, 5) is 0. The van der Waals surface area contributed by atoms with Crippen LogP contribution in [-0.2, 0) is 6.42 Å². The van der Waals surface area contributed by atoms with Gasteiger partial charge in [-0.2, -0.15) is 15.5 Å². The molecule has 0 atom stereocenters. The minimum absolute atomic E-state index is 0.533. The number of aromatic nitrogens is 2. The predicted octanol–water partition coefficient (Wildman–Crippen LogP) is 6.45. The molecule has 0 unspecified atom stereocenters. The molecular weight excluding hydrogens is 330 g/mol. The van der Waals surface area contributed by atoms with E-state index in [2.05, 4.69) is 59.6 Å². The molecule has 3 heteroatoms. The molecule has 1 aromatic carbocycles. The topological polar surface area (TPSA) is 49.6 Å². The summed E-state index contributed by atoms with van der Waals surface area (Å²) in [6, 6.07) is 15.4. The first-order valence-electron chi connectivity index (χ1n) is 10.6. The third-order valence-electron chi connectivity index (χ3n) is 5.93. The minimum Gasteiger partial charge on any atom is -0.198 e. The normalized spacial score (nSPS) is 19.6. The Kier molecular flexibility index (Phi) is 7.39. The number of aryl methyl sites for hydroxylation is 1. The first kappa shape index (κ1) is 19.5. The van der Waals surface area contributed by atoms with Gasteiger partial charge in [-0.15, -0.1) is 0 Å². The molecule has 0 bridgehead atoms. The molecule has 1 fully saturated rings. The molecule has 3 nitrogen and oxygen atoms in total. The molecule has 1 aromatic heterocycles. The molecule has 1 heterocycles. The van der Waals surface area contributed by atoms with Gasteiger partial charge in [0.15, 0.2) is 0 Å². The maximum absolute atomic E-state index is 8.74. The summed E-state index contributed by atoms with van der Waals surface area (Å²) in [5.74, 6) is 1.26. The molecule has 1 aliphatic carbocycles. The molecule has 1 aliphatic rings. The van der Waals surface area contributed by atoms with Crippen LogP contribution in [0.25, 0.3) is 11.3 Å². The van der Waals surface area contributed by atoms with E-state index in [4.69, 9.17) is 5.26 Å². The van der Waals surface area contributed by atoms with E-state index in [9.17, 15) is 0 Å². The fourth-order valence-electron chi connectivity index (χ4n) is 4.15. The molecule has 2 aromatic rings. The fraction of sp³-hybridized carbons (Fsp3) is 0.542. The van der Waals surface area contributed by atoms with Crippen LogP contribution in [0.5, 0.6) is 0 Å². The monoisotopic (exact) mass is 361 g/mol. The van der Waals surface area contributed by atoms with Gasteiger partial charge in [-0.05, 0) is 68.6 Å². The van der Waals surface area contributed by atoms with Gasteiger partial charge in [0.1, 0.15) is 0 Å². The van der Waals surface area contributed by atoms with E-state index in [0.717, 1.165) is 35.7 Å². The van der Waals surface area contributed by atoms with Crippen molar-refractivity contribution in [2.75, 3.05) is 0 Å². The van der Waals surface area contributed by atoms with Crippen molar-refractivity contribution in [3.8, 4) is 17.3 Å². The first-order valence-corrected chi connectivity index (χ1v) is 10.6. The quantitative estimate of drug-likeness (QED) is 0.507. The van der Waals surface area contributed by atoms with Crippen LogP contribution in [0.1, 0.15) is 81.9 Å². The van der Waals surface area contributed by atoms with Gasteiger partial charge in [-0.3, -0.25) is 0 Å². The summed E-state index contributed by atoms with van der Waals surface area (Å²) in [6.07, 6.45) is 11.5. The molecule has 0 saturated heterocycles. The van der Waals surface area contributed by atoms with E-state index in [1.54, 1.807) is 0 Å². The van der Waals surface area contributed by atoms with Crippen molar-refractivity contribution in [3.05, 3.63) is 47.7 Å². The van der Waals surface area contributed by atoms with Crippen molar-refractivity contribution in [1.82, 2.24) is 10.2 Å². The lowest BCUT2D eigenvalue weighted by atomic mass is 9.79. The van der Waals surface area contributed by atoms with E-state index in [0.29, 0.717) is 12.3 Å². The average Bonchev–Trinajstić information content (AvgIpc) is 2.73. The van der Waals surface area contributed by atoms with E-state index in [-0.39, 0.29) is 0 Å². The number of rotatable bonds is 8. The Hall–Kier alpha value is -2.21. The Morgan fingerprint density at radius 1 is 0.963 bits per heavy atom. The van der Waals surface area contributed by atoms with Gasteiger partial charge in [0.25, 0.3) is 0 Å². The number of benzene rings is 1. The molecule has 0 radical (unpaired) electrons. The molecule has 0 amide bonds. The lowest BCUT2D eigenvalue weighted by molar-refractivity contribution is 0.309. The van der Waals surface area contributed by atoms with Gasteiger partial charge >= 0.3 is 0 Å². The standard InChI is InChI=1S/C24H31N3/c1-2-3-4-6-19-8-12-21(13-9-19)23-16-17-24(27-26-23)22-14-10-20(11-15-22)7-5-18-25/h8-9,12-13,16-17,20,22H,2-7,10-11,14-15H2,1H3. The van der Waals surface area contributed by atoms with Crippen LogP contribution >= 0.6 is 0 Å². The van der Waals surface area contributed by atoms with Crippen molar-refractivity contribution in [2.45, 2.75) is 77.0 Å². The zero-order valence-corrected chi connectivity index (χ0v) is 16.5. The van der Waals surface area contributed by atoms with E-state index in [1.807, 2.05) is 0 Å². The van der Waals surface area contributed by atoms with Gasteiger partial charge in [-0.1, -0.05) is 44.0 Å². The van der Waals surface area contributed by atoms with Gasteiger partial charge in [0, 0.05) is 17.9 Å². The van der Waals surface area contributed by atoms with Gasteiger partial charge in [-0.25, -0.2) is 0 Å². The Morgan fingerprint density at radius 3 is 2.37 bits per heavy atom. The second-order valence-corrected chi connectivity index (χ2v) is 7.91. The number of unbranched alkanes of at least 4 members (excludes halogenated alkanes) is 2. The molecule has 27 heavy (non-hydrogen) atoms. The van der Waals surface area contributed by atoms with Crippen LogP contribution in [0.2, 0.25) is 0 Å². The highest BCUT2D eigenvalue weighted by Gasteiger charge is 2.23. The molecule has 0 spiro atoms. The van der Waals surface area contributed by atoms with Crippen LogP contribution in [0, 0.1) is 17.2 Å². The van der Waals surface area contributed by atoms with Crippen LogP contribution in [0.15, 0.2) is 36.4 Å². The van der Waals surface area contributed by atoms with Gasteiger partial charge in [0.05, 0.1) is 17.5 Å². The van der Waals surface area contributed by atoms with Gasteiger partial charge in [0.2, 0.25) is 0 Å². The summed E-state index contributed by atoms with van der Waals surface area (Å²) in [5.41, 5.74) is 4.65. The fourth-order valence-corrected chi connectivity index (χ4v) is 4.15. The highest BCUT2D eigenvalue weighted by molar-refractivity contribution is 5.58. The SMILES string of the molecule is CCCCCc1ccc(-c2ccc(C3CCC(CCC#N)CC3)nn2)cc1. The van der Waals surface area contributed by atoms with Crippen LogP contribution in [-0.4, -0.2) is 10.2 Å². The van der Waals surface area contributed by atoms with E-state index < -0.39 is 0 Å². The van der Waals surface area contributed by atoms with Crippen molar-refractivity contribution >= 4 is 0 Å². The lowest BCUT2D eigenvalue weighted by Crippen LogP contribution is -2.14. The van der Waals surface area contributed by atoms with Crippen LogP contribution in [0.3, 0.4) is 0 Å². The Bertz CT molecular complexity index is 720. The molecule has 142 valence electrons. The summed E-state index contributed by atoms with van der Waals surface area (Å²) in [6.45, 7) is 2.24. The minimum atomic E-state index is 0.533. The summed E-state index contributed by atoms with van der Waals surface area (Å²) < 4.78 is 0. The third-order valence-corrected chi connectivity index (χ3v) is 5.93. The zero-order chi connectivity index (χ0) is 18.9. The summed E-state index contributed by atoms with van der Waals surface area (Å²) in [7, 11) is 0. The largest absolute Gasteiger partial charge is 0.198 e. The third kappa shape index (κ3) is 5.63. The lowest BCUT2D eigenvalue weighted by Gasteiger charge is -2.27. The molecule has 0 N–H and O–H groups in total. The highest BCUT2D eigenvalue weighted by atomic mass is 15.1. The van der Waals surface area contributed by atoms with Gasteiger partial charge < -0.3 is 0 Å². The Balaban J connectivity index is 1.55. The second kappa shape index (κ2) is 10.2. The smallest absolute Gasteiger partial charge is 0.0929 e. The van der Waals surface area contributed by atoms with Crippen molar-refractivity contribution < 1.29 is 0 Å². The second-order valence-electron chi connectivity index (χ2n) is 7.91. The number of nitriles is 1. The molecular formula is C24H31N3. The number of nitrogens with zero attached hydrogens (tertiary/aromatic N) is 3. The molecule has 0 aliphatic heterocycles. The van der Waals surface area contributed by atoms with Crippen molar-refractivity contribution in [3.63, 3.8) is 0 Å². The molecule has 1 saturated carbocycles.